The first-order valence-corrected chi connectivity index (χ1v) is 14.4. The number of amides is 2. The van der Waals surface area contributed by atoms with Crippen LogP contribution in [0.3, 0.4) is 0 Å². The van der Waals surface area contributed by atoms with E-state index in [0.717, 1.165) is 33.6 Å². The summed E-state index contributed by atoms with van der Waals surface area (Å²) >= 11 is 0. The Kier molecular flexibility index (Phi) is 8.77. The minimum absolute atomic E-state index is 0.133. The molecule has 1 N–H and O–H groups in total. The van der Waals surface area contributed by atoms with E-state index in [2.05, 4.69) is 58.1 Å². The summed E-state index contributed by atoms with van der Waals surface area (Å²) < 4.78 is 1.69. The van der Waals surface area contributed by atoms with Crippen molar-refractivity contribution >= 4 is 22.6 Å². The predicted molar refractivity (Wildman–Crippen MR) is 166 cm³/mol. The predicted octanol–water partition coefficient (Wildman–Crippen LogP) is 8.25. The lowest BCUT2D eigenvalue weighted by Crippen LogP contribution is -2.41. The number of aromatic nitrogens is 2. The number of para-hydroxylation sites is 2. The van der Waals surface area contributed by atoms with E-state index in [1.54, 1.807) is 9.47 Å². The van der Waals surface area contributed by atoms with Gasteiger partial charge in [0.2, 0.25) is 0 Å². The van der Waals surface area contributed by atoms with Gasteiger partial charge in [0.25, 0.3) is 5.56 Å². The van der Waals surface area contributed by atoms with Crippen LogP contribution in [0.4, 0.5) is 10.5 Å². The zero-order chi connectivity index (χ0) is 29.1. The lowest BCUT2D eigenvalue weighted by Gasteiger charge is -2.32. The molecule has 0 aliphatic heterocycles. The topological polar surface area (TPSA) is 67.2 Å². The number of nitrogens with one attached hydrogen (secondary N) is 1. The Morgan fingerprint density at radius 1 is 0.900 bits per heavy atom. The Balaban J connectivity index is 1.88. The summed E-state index contributed by atoms with van der Waals surface area (Å²) in [6, 6.07) is 19.0. The summed E-state index contributed by atoms with van der Waals surface area (Å²) in [6.45, 7) is 17.1. The Hall–Kier alpha value is -3.93. The number of rotatable bonds is 8. The van der Waals surface area contributed by atoms with Gasteiger partial charge >= 0.3 is 6.03 Å². The van der Waals surface area contributed by atoms with E-state index in [0.29, 0.717) is 29.7 Å². The van der Waals surface area contributed by atoms with Crippen LogP contribution < -0.4 is 10.9 Å². The molecule has 1 heterocycles. The number of carbonyl (C=O) groups excluding carboxylic acids is 1. The summed E-state index contributed by atoms with van der Waals surface area (Å²) in [5.74, 6) is 1.07. The first-order chi connectivity index (χ1) is 19.1. The lowest BCUT2D eigenvalue weighted by atomic mass is 9.92. The average molecular weight is 539 g/mol. The molecule has 1 atom stereocenters. The van der Waals surface area contributed by atoms with Gasteiger partial charge in [0.05, 0.1) is 22.6 Å². The second kappa shape index (κ2) is 12.1. The molecule has 0 radical (unpaired) electrons. The number of nitrogens with zero attached hydrogens (tertiary/aromatic N) is 3. The molecule has 3 aromatic carbocycles. The summed E-state index contributed by atoms with van der Waals surface area (Å²) in [4.78, 5) is 34.9. The maximum absolute atomic E-state index is 14.1. The summed E-state index contributed by atoms with van der Waals surface area (Å²) in [5, 5.41) is 3.83. The zero-order valence-corrected chi connectivity index (χ0v) is 25.1. The first-order valence-electron chi connectivity index (χ1n) is 14.4. The third kappa shape index (κ3) is 5.53. The Bertz CT molecular complexity index is 1560. The van der Waals surface area contributed by atoms with Crippen LogP contribution >= 0.6 is 0 Å². The number of hydrogen-bond donors (Lipinski definition) is 1. The van der Waals surface area contributed by atoms with Crippen molar-refractivity contribution in [1.29, 1.82) is 0 Å². The quantitative estimate of drug-likeness (QED) is 0.246. The first kappa shape index (κ1) is 29.1. The number of benzene rings is 3. The molecule has 1 aromatic heterocycles. The van der Waals surface area contributed by atoms with Gasteiger partial charge in [-0.1, -0.05) is 71.0 Å². The molecule has 0 spiro atoms. The fourth-order valence-corrected chi connectivity index (χ4v) is 5.41. The number of fused-ring (bicyclic) bond motifs is 1. The molecule has 0 bridgehead atoms. The molecule has 6 nitrogen and oxygen atoms in total. The molecule has 4 rings (SSSR count). The van der Waals surface area contributed by atoms with E-state index < -0.39 is 6.04 Å². The fraction of sp³-hybridized carbons (Fsp3) is 0.382. The molecule has 40 heavy (non-hydrogen) atoms. The van der Waals surface area contributed by atoms with Crippen molar-refractivity contribution in [2.45, 2.75) is 79.7 Å². The molecule has 0 aliphatic rings. The maximum Gasteiger partial charge on any atom is 0.322 e. The maximum atomic E-state index is 14.1. The van der Waals surface area contributed by atoms with Gasteiger partial charge in [0.15, 0.2) is 0 Å². The van der Waals surface area contributed by atoms with Gasteiger partial charge in [0.1, 0.15) is 5.82 Å². The molecule has 0 saturated carbocycles. The Morgan fingerprint density at radius 3 is 2.12 bits per heavy atom. The molecular weight excluding hydrogens is 496 g/mol. The number of carbonyl (C=O) groups is 1. The smallest absolute Gasteiger partial charge is 0.315 e. The van der Waals surface area contributed by atoms with Crippen LogP contribution in [0.5, 0.6) is 0 Å². The molecule has 2 amide bonds. The largest absolute Gasteiger partial charge is 0.322 e. The van der Waals surface area contributed by atoms with E-state index >= 15 is 0 Å². The summed E-state index contributed by atoms with van der Waals surface area (Å²) in [6.07, 6.45) is 0.597. The Labute approximate surface area is 238 Å². The number of aryl methyl sites for hydroxylation is 2. The standard InChI is InChI=1S/C34H42N4O2/c1-9-30(37(10-2)34(40)36-31-26(21(3)4)15-13-16-27(31)22(5)6)32-35-29-17-12-11-14-28(29)33(39)38(32)25-19-18-23(7)24(8)20-25/h11-22,30H,9-10H2,1-8H3,(H,36,40). The fourth-order valence-electron chi connectivity index (χ4n) is 5.41. The van der Waals surface area contributed by atoms with Crippen molar-refractivity contribution in [1.82, 2.24) is 14.5 Å². The van der Waals surface area contributed by atoms with Gasteiger partial charge < -0.3 is 10.2 Å². The van der Waals surface area contributed by atoms with Crippen molar-refractivity contribution in [3.05, 3.63) is 99.1 Å². The Morgan fingerprint density at radius 2 is 1.55 bits per heavy atom. The van der Waals surface area contributed by atoms with Crippen LogP contribution in [0.1, 0.15) is 93.9 Å². The van der Waals surface area contributed by atoms with Gasteiger partial charge in [-0.2, -0.15) is 0 Å². The van der Waals surface area contributed by atoms with E-state index in [4.69, 9.17) is 4.98 Å². The molecular formula is C34H42N4O2. The lowest BCUT2D eigenvalue weighted by molar-refractivity contribution is 0.185. The van der Waals surface area contributed by atoms with E-state index in [1.165, 1.54) is 0 Å². The van der Waals surface area contributed by atoms with Crippen LogP contribution in [0.15, 0.2) is 65.5 Å². The molecule has 0 saturated heterocycles. The number of urea groups is 1. The van der Waals surface area contributed by atoms with E-state index in [1.807, 2.05) is 63.2 Å². The van der Waals surface area contributed by atoms with Gasteiger partial charge in [-0.05, 0) is 85.5 Å². The number of anilines is 1. The second-order valence-electron chi connectivity index (χ2n) is 11.2. The minimum atomic E-state index is -0.419. The van der Waals surface area contributed by atoms with Gasteiger partial charge in [0, 0.05) is 12.2 Å². The van der Waals surface area contributed by atoms with Crippen LogP contribution in [-0.4, -0.2) is 27.0 Å². The van der Waals surface area contributed by atoms with Gasteiger partial charge in [-0.3, -0.25) is 9.36 Å². The summed E-state index contributed by atoms with van der Waals surface area (Å²) in [7, 11) is 0. The van der Waals surface area contributed by atoms with Crippen molar-refractivity contribution in [2.75, 3.05) is 11.9 Å². The highest BCUT2D eigenvalue weighted by atomic mass is 16.2. The molecule has 0 aliphatic carbocycles. The van der Waals surface area contributed by atoms with Crippen molar-refractivity contribution in [3.63, 3.8) is 0 Å². The van der Waals surface area contributed by atoms with Crippen LogP contribution in [0, 0.1) is 13.8 Å². The van der Waals surface area contributed by atoms with E-state index in [9.17, 15) is 9.59 Å². The third-order valence-electron chi connectivity index (χ3n) is 7.82. The van der Waals surface area contributed by atoms with Gasteiger partial charge in [-0.25, -0.2) is 9.78 Å². The van der Waals surface area contributed by atoms with Crippen molar-refractivity contribution in [2.24, 2.45) is 0 Å². The molecule has 6 heteroatoms. The minimum Gasteiger partial charge on any atom is -0.315 e. The van der Waals surface area contributed by atoms with Crippen LogP contribution in [0.25, 0.3) is 16.6 Å². The summed E-state index contributed by atoms with van der Waals surface area (Å²) in [5.41, 5.74) is 6.59. The van der Waals surface area contributed by atoms with Crippen molar-refractivity contribution < 1.29 is 4.79 Å². The van der Waals surface area contributed by atoms with Crippen molar-refractivity contribution in [3.8, 4) is 5.69 Å². The zero-order valence-electron chi connectivity index (χ0n) is 25.1. The molecule has 210 valence electrons. The van der Waals surface area contributed by atoms with Gasteiger partial charge in [-0.15, -0.1) is 0 Å². The molecule has 1 unspecified atom stereocenters. The average Bonchev–Trinajstić information content (AvgIpc) is 2.93. The molecule has 0 fully saturated rings. The monoisotopic (exact) mass is 538 g/mol. The van der Waals surface area contributed by atoms with Crippen LogP contribution in [0.2, 0.25) is 0 Å². The second-order valence-corrected chi connectivity index (χ2v) is 11.2. The van der Waals surface area contributed by atoms with E-state index in [-0.39, 0.29) is 23.4 Å². The van der Waals surface area contributed by atoms with Crippen LogP contribution in [-0.2, 0) is 0 Å². The highest BCUT2D eigenvalue weighted by Gasteiger charge is 2.29. The third-order valence-corrected chi connectivity index (χ3v) is 7.82. The highest BCUT2D eigenvalue weighted by molar-refractivity contribution is 5.92. The SMILES string of the molecule is CCC(c1nc2ccccc2c(=O)n1-c1ccc(C)c(C)c1)N(CC)C(=O)Nc1c(C(C)C)cccc1C(C)C. The molecule has 4 aromatic rings. The normalized spacial score (nSPS) is 12.2. The highest BCUT2D eigenvalue weighted by Crippen LogP contribution is 2.34. The number of hydrogen-bond acceptors (Lipinski definition) is 3.